The number of methoxy groups -OCH3 is 1. The summed E-state index contributed by atoms with van der Waals surface area (Å²) in [6.45, 7) is 54.1. The van der Waals surface area contributed by atoms with E-state index in [2.05, 4.69) is 230 Å². The van der Waals surface area contributed by atoms with E-state index < -0.39 is 45.6 Å². The molecule has 30 unspecified atom stereocenters. The molecule has 22 rings (SSSR count). The van der Waals surface area contributed by atoms with Crippen LogP contribution in [0.4, 0.5) is 0 Å². The van der Waals surface area contributed by atoms with Crippen molar-refractivity contribution in [3.63, 3.8) is 0 Å². The number of likely N-dealkylation sites (tertiary alicyclic amines) is 17. The van der Waals surface area contributed by atoms with Crippen LogP contribution in [0.5, 0.6) is 0 Å². The molecule has 22 heterocycles. The number of ether oxygens (including phenoxy) is 1. The number of rotatable bonds is 33. The van der Waals surface area contributed by atoms with Gasteiger partial charge in [-0.2, -0.15) is 0 Å². The van der Waals surface area contributed by atoms with Gasteiger partial charge in [-0.1, -0.05) is 61.3 Å². The standard InChI is InChI=1S/C113H212N28O3/c1-16-120-92-44-67-137(103-94(123(9)10)46-69-139(103)113(135-66-41-87(79-135)116-8)112(134-65-40-86(114)78-134,98(138(113)22-7)82-76-128(17-2)77-82)141-71-50-108(143,132-58-28-29-59-132)110(141,85-39-56-119-75-85)96-36-31-53-122-96)102(92)136-68-45-93(129(18-3)19-4)101(136)104(48-32-57-125(104)12)90-42-63-124(11)99(90)105(49-33-62-131(105)21-6)91-43-64-130(20-5)100(91)106(72-88(142)80-126(106)13)107(73-89(144-15)81-127(107)14)140-70-47-95(115)109(83-37-54-117-55-38-83,133-60-26-23-27-61-133)111(140,84-34-30-51-118-74-84)97-35-24-25-52-121-97/h82-103,116-122,142-143H,16-81,114-115H2,1-15H3. The molecular weight excluding hydrogens is 1800 g/mol. The monoisotopic (exact) mass is 2010 g/mol. The number of aliphatic hydroxyl groups is 2. The average molecular weight is 2010 g/mol. The van der Waals surface area contributed by atoms with E-state index in [0.29, 0.717) is 42.3 Å². The molecule has 22 saturated heterocycles. The summed E-state index contributed by atoms with van der Waals surface area (Å²) < 4.78 is 7.25. The summed E-state index contributed by atoms with van der Waals surface area (Å²) in [4.78, 5) is 59.7. The van der Waals surface area contributed by atoms with Crippen molar-refractivity contribution in [1.82, 2.24) is 130 Å². The van der Waals surface area contributed by atoms with Crippen molar-refractivity contribution in [1.29, 1.82) is 0 Å². The quantitative estimate of drug-likeness (QED) is 0.0449. The fourth-order valence-corrected chi connectivity index (χ4v) is 42.7. The lowest BCUT2D eigenvalue weighted by Gasteiger charge is -2.83. The van der Waals surface area contributed by atoms with Gasteiger partial charge >= 0.3 is 0 Å². The number of nitrogens with zero attached hydrogens (tertiary/aromatic N) is 19. The number of likely N-dealkylation sites (N-methyl/N-ethyl adjacent to an activating group) is 11. The van der Waals surface area contributed by atoms with Crippen molar-refractivity contribution in [2.45, 2.75) is 394 Å². The highest BCUT2D eigenvalue weighted by Crippen LogP contribution is 2.71. The number of piperidine rings is 5. The predicted octanol–water partition coefficient (Wildman–Crippen LogP) is 3.64. The van der Waals surface area contributed by atoms with E-state index in [1.165, 1.54) is 83.5 Å². The first-order chi connectivity index (χ1) is 70.0. The highest BCUT2D eigenvalue weighted by molar-refractivity contribution is 5.41. The first kappa shape index (κ1) is 107. The van der Waals surface area contributed by atoms with Crippen LogP contribution in [0.25, 0.3) is 0 Å². The lowest BCUT2D eigenvalue weighted by molar-refractivity contribution is -0.424. The minimum Gasteiger partial charge on any atom is -0.392 e. The van der Waals surface area contributed by atoms with Crippen molar-refractivity contribution in [2.75, 3.05) is 292 Å². The van der Waals surface area contributed by atoms with Crippen LogP contribution in [-0.4, -0.2) is 548 Å². The van der Waals surface area contributed by atoms with Crippen molar-refractivity contribution in [3.05, 3.63) is 0 Å². The largest absolute Gasteiger partial charge is 0.392 e. The maximum absolute atomic E-state index is 15.5. The molecule has 0 bridgehead atoms. The Kier molecular flexibility index (Phi) is 31.9. The van der Waals surface area contributed by atoms with Crippen LogP contribution >= 0.6 is 0 Å². The molecule has 22 fully saturated rings. The molecule has 0 saturated carbocycles. The normalized spacial score (nSPS) is 47.7. The average Bonchev–Trinajstić information content (AvgIpc) is 1.34. The van der Waals surface area contributed by atoms with Gasteiger partial charge in [0.25, 0.3) is 0 Å². The summed E-state index contributed by atoms with van der Waals surface area (Å²) in [6, 6.07) is 2.34. The summed E-state index contributed by atoms with van der Waals surface area (Å²) in [5.41, 5.74) is 12.1. The van der Waals surface area contributed by atoms with E-state index in [1.807, 2.05) is 0 Å². The zero-order valence-electron chi connectivity index (χ0n) is 93.8. The summed E-state index contributed by atoms with van der Waals surface area (Å²) in [6.07, 6.45) is 33.3. The zero-order chi connectivity index (χ0) is 100.0. The van der Waals surface area contributed by atoms with Gasteiger partial charge in [-0.15, -0.1) is 0 Å². The van der Waals surface area contributed by atoms with Gasteiger partial charge in [-0.3, -0.25) is 78.4 Å². The number of hydrogen-bond acceptors (Lipinski definition) is 31. The SMILES string of the molecule is CCNC1CCN(C2C(N(C)C)CCN2C2(N3CCC(NC)C3)N(CC)C(C3CN(CC)C3)C2(N2CCC(N)C2)N2CCC(O)(N3CCCC3)C2(C2CCNC2)C2CCCN2)C1N1CCC(N(CC)CC)C1C1(C2CCN(C)C2C2(C3CCN(CC)C3C3(C4(N5CCC(N)C(C6CCNCC6)(N6CCCCC6)C5(C5CCCNC5)C5CCCCN5)CC(OC)CN4C)CC(O)CN3C)CCCN2CC)CCCN1C. The molecular formula is C113H212N28O3. The minimum absolute atomic E-state index is 0.00117. The molecule has 0 aromatic heterocycles. The van der Waals surface area contributed by atoms with Crippen molar-refractivity contribution < 1.29 is 14.9 Å². The van der Waals surface area contributed by atoms with Crippen LogP contribution in [0.3, 0.4) is 0 Å². The molecule has 30 atom stereocenters. The smallest absolute Gasteiger partial charge is 0.167 e. The fraction of sp³-hybridized carbons (Fsp3) is 1.00. The fourth-order valence-electron chi connectivity index (χ4n) is 42.7. The Hall–Kier alpha value is -1.24. The Morgan fingerprint density at radius 2 is 1.15 bits per heavy atom. The van der Waals surface area contributed by atoms with Gasteiger partial charge in [-0.25, -0.2) is 0 Å². The van der Waals surface area contributed by atoms with Gasteiger partial charge < -0.3 is 78.3 Å². The molecule has 0 aromatic rings. The molecule has 0 aromatic carbocycles. The highest BCUT2D eigenvalue weighted by atomic mass is 16.5. The zero-order valence-corrected chi connectivity index (χ0v) is 93.8. The van der Waals surface area contributed by atoms with E-state index >= 15 is 5.11 Å². The van der Waals surface area contributed by atoms with Gasteiger partial charge in [-0.05, 0) is 383 Å². The number of hydrogen-bond donors (Lipinski definition) is 11. The molecule has 822 valence electrons. The Morgan fingerprint density at radius 3 is 1.79 bits per heavy atom. The summed E-state index contributed by atoms with van der Waals surface area (Å²) in [5.74, 6) is 1.43. The molecule has 144 heavy (non-hydrogen) atoms. The van der Waals surface area contributed by atoms with Crippen molar-refractivity contribution in [2.24, 2.45) is 47.0 Å². The molecule has 22 aliphatic heterocycles. The number of nitrogens with two attached hydrogens (primary N) is 2. The third kappa shape index (κ3) is 15.5. The van der Waals surface area contributed by atoms with Crippen LogP contribution in [0.15, 0.2) is 0 Å². The Balaban J connectivity index is 0.724. The molecule has 13 N–H and O–H groups in total. The van der Waals surface area contributed by atoms with Crippen LogP contribution in [0.2, 0.25) is 0 Å². The van der Waals surface area contributed by atoms with Crippen molar-refractivity contribution in [3.8, 4) is 0 Å². The third-order valence-corrected chi connectivity index (χ3v) is 47.2. The molecule has 22 aliphatic rings. The Bertz CT molecular complexity index is 4130. The molecule has 31 heteroatoms. The first-order valence-electron chi connectivity index (χ1n) is 61.5. The molecule has 0 amide bonds. The van der Waals surface area contributed by atoms with Crippen LogP contribution in [0, 0.1) is 35.5 Å². The van der Waals surface area contributed by atoms with Gasteiger partial charge in [0.05, 0.1) is 58.4 Å². The Morgan fingerprint density at radius 1 is 0.472 bits per heavy atom. The molecule has 31 nitrogen and oxygen atoms in total. The maximum atomic E-state index is 15.5. The van der Waals surface area contributed by atoms with E-state index in [4.69, 9.17) is 21.5 Å². The summed E-state index contributed by atoms with van der Waals surface area (Å²) >= 11 is 0. The van der Waals surface area contributed by atoms with E-state index in [0.717, 1.165) is 338 Å². The maximum Gasteiger partial charge on any atom is 0.167 e. The summed E-state index contributed by atoms with van der Waals surface area (Å²) in [7, 11) is 20.0. The first-order valence-corrected chi connectivity index (χ1v) is 61.5. The molecule has 0 radical (unpaired) electrons. The van der Waals surface area contributed by atoms with E-state index in [1.54, 1.807) is 0 Å². The minimum atomic E-state index is -1.05. The number of nitrogens with one attached hydrogen (secondary N) is 7. The predicted molar refractivity (Wildman–Crippen MR) is 580 cm³/mol. The second kappa shape index (κ2) is 42.9. The van der Waals surface area contributed by atoms with Crippen LogP contribution < -0.4 is 48.7 Å². The summed E-state index contributed by atoms with van der Waals surface area (Å²) in [5, 5.41) is 59.7. The van der Waals surface area contributed by atoms with Crippen LogP contribution in [0.1, 0.15) is 241 Å². The Labute approximate surface area is 873 Å². The number of aliphatic hydroxyl groups excluding tert-OH is 1. The van der Waals surface area contributed by atoms with Gasteiger partial charge in [0.2, 0.25) is 0 Å². The van der Waals surface area contributed by atoms with E-state index in [9.17, 15) is 5.11 Å². The second-order valence-corrected chi connectivity index (χ2v) is 52.0. The topological polar surface area (TPSA) is 248 Å². The van der Waals surface area contributed by atoms with Gasteiger partial charge in [0.15, 0.2) is 5.79 Å². The number of β-amino-alcohol motifs (C(OH)–C–C–N with tert-alkyl or cyclic N) is 1. The molecule has 0 spiro atoms. The molecule has 0 aliphatic carbocycles. The second-order valence-electron chi connectivity index (χ2n) is 52.0. The van der Waals surface area contributed by atoms with Crippen LogP contribution in [-0.2, 0) is 4.74 Å². The lowest BCUT2D eigenvalue weighted by atomic mass is 9.48. The van der Waals surface area contributed by atoms with Crippen molar-refractivity contribution >= 4 is 0 Å². The van der Waals surface area contributed by atoms with Gasteiger partial charge in [0, 0.05) is 202 Å². The lowest BCUT2D eigenvalue weighted by Crippen LogP contribution is -3.04. The van der Waals surface area contributed by atoms with Gasteiger partial charge in [0.1, 0.15) is 11.4 Å². The highest BCUT2D eigenvalue weighted by Gasteiger charge is 2.89. The third-order valence-electron chi connectivity index (χ3n) is 47.2. The van der Waals surface area contributed by atoms with E-state index in [-0.39, 0.29) is 107 Å².